The van der Waals surface area contributed by atoms with Crippen LogP contribution in [-0.4, -0.2) is 67.3 Å². The van der Waals surface area contributed by atoms with E-state index in [1.807, 2.05) is 12.1 Å². The number of amides is 3. The highest BCUT2D eigenvalue weighted by Crippen LogP contribution is 2.22. The molecule has 7 heteroatoms. The molecule has 2 aliphatic rings. The molecule has 150 valence electrons. The highest BCUT2D eigenvalue weighted by atomic mass is 16.2. The van der Waals surface area contributed by atoms with Gasteiger partial charge in [0.15, 0.2) is 0 Å². The standard InChI is InChI=1S/C22H24N4O3/c1-24-10-12-25(13-11-24)17-8-6-16(7-9-17)14-23-20(27)15-26-21(28)18-4-2-3-5-19(18)22(26)29/h2-9H,10-15H2,1H3,(H,23,27). The van der Waals surface area contributed by atoms with Crippen molar-refractivity contribution in [2.75, 3.05) is 44.7 Å². The number of carbonyl (C=O) groups excluding carboxylic acids is 3. The Hall–Kier alpha value is -3.19. The first-order valence-corrected chi connectivity index (χ1v) is 9.77. The van der Waals surface area contributed by atoms with Gasteiger partial charge in [0.25, 0.3) is 11.8 Å². The van der Waals surface area contributed by atoms with Crippen LogP contribution in [0.5, 0.6) is 0 Å². The molecule has 0 aliphatic carbocycles. The van der Waals surface area contributed by atoms with Crippen molar-refractivity contribution in [3.63, 3.8) is 0 Å². The van der Waals surface area contributed by atoms with Gasteiger partial charge >= 0.3 is 0 Å². The summed E-state index contributed by atoms with van der Waals surface area (Å²) in [5.74, 6) is -1.20. The minimum atomic E-state index is -0.419. The smallest absolute Gasteiger partial charge is 0.262 e. The summed E-state index contributed by atoms with van der Waals surface area (Å²) >= 11 is 0. The Morgan fingerprint density at radius 3 is 2.07 bits per heavy atom. The first-order valence-electron chi connectivity index (χ1n) is 9.77. The molecule has 4 rings (SSSR count). The third-order valence-corrected chi connectivity index (χ3v) is 5.47. The highest BCUT2D eigenvalue weighted by molar-refractivity contribution is 6.22. The fraction of sp³-hybridized carbons (Fsp3) is 0.318. The van der Waals surface area contributed by atoms with E-state index in [1.165, 1.54) is 5.69 Å². The monoisotopic (exact) mass is 392 g/mol. The minimum absolute atomic E-state index is 0.272. The van der Waals surface area contributed by atoms with E-state index in [0.29, 0.717) is 17.7 Å². The summed E-state index contributed by atoms with van der Waals surface area (Å²) in [6, 6.07) is 14.8. The average Bonchev–Trinajstić information content (AvgIpc) is 2.98. The third kappa shape index (κ3) is 4.00. The van der Waals surface area contributed by atoms with Gasteiger partial charge in [-0.1, -0.05) is 24.3 Å². The molecular weight excluding hydrogens is 368 g/mol. The van der Waals surface area contributed by atoms with Gasteiger partial charge in [-0.05, 0) is 36.9 Å². The van der Waals surface area contributed by atoms with Gasteiger partial charge in [-0.3, -0.25) is 19.3 Å². The van der Waals surface area contributed by atoms with Crippen LogP contribution in [0, 0.1) is 0 Å². The molecule has 2 aliphatic heterocycles. The number of likely N-dealkylation sites (N-methyl/N-ethyl adjacent to an activating group) is 1. The number of nitrogens with zero attached hydrogens (tertiary/aromatic N) is 3. The molecule has 0 spiro atoms. The molecule has 0 aromatic heterocycles. The molecule has 0 unspecified atom stereocenters. The van der Waals surface area contributed by atoms with Crippen LogP contribution in [0.2, 0.25) is 0 Å². The first-order chi connectivity index (χ1) is 14.0. The van der Waals surface area contributed by atoms with Crippen LogP contribution in [-0.2, 0) is 11.3 Å². The van der Waals surface area contributed by atoms with Crippen molar-refractivity contribution in [1.82, 2.24) is 15.1 Å². The molecule has 1 fully saturated rings. The molecule has 29 heavy (non-hydrogen) atoms. The van der Waals surface area contributed by atoms with E-state index in [4.69, 9.17) is 0 Å². The molecule has 1 N–H and O–H groups in total. The predicted octanol–water partition coefficient (Wildman–Crippen LogP) is 1.35. The van der Waals surface area contributed by atoms with E-state index in [2.05, 4.69) is 34.3 Å². The number of hydrogen-bond acceptors (Lipinski definition) is 5. The summed E-state index contributed by atoms with van der Waals surface area (Å²) in [5.41, 5.74) is 2.85. The Morgan fingerprint density at radius 2 is 1.48 bits per heavy atom. The lowest BCUT2D eigenvalue weighted by atomic mass is 10.1. The maximum Gasteiger partial charge on any atom is 0.262 e. The Balaban J connectivity index is 1.30. The number of fused-ring (bicyclic) bond motifs is 1. The number of rotatable bonds is 5. The molecule has 1 saturated heterocycles. The van der Waals surface area contributed by atoms with Gasteiger partial charge in [-0.25, -0.2) is 0 Å². The van der Waals surface area contributed by atoms with Gasteiger partial charge in [-0.15, -0.1) is 0 Å². The fourth-order valence-corrected chi connectivity index (χ4v) is 3.67. The lowest BCUT2D eigenvalue weighted by Gasteiger charge is -2.34. The van der Waals surface area contributed by atoms with Crippen molar-refractivity contribution in [3.05, 3.63) is 65.2 Å². The van der Waals surface area contributed by atoms with E-state index in [-0.39, 0.29) is 12.5 Å². The number of piperazine rings is 1. The number of hydrogen-bond donors (Lipinski definition) is 1. The van der Waals surface area contributed by atoms with E-state index in [9.17, 15) is 14.4 Å². The molecule has 0 saturated carbocycles. The lowest BCUT2D eigenvalue weighted by Crippen LogP contribution is -2.44. The summed E-state index contributed by atoms with van der Waals surface area (Å²) in [4.78, 5) is 42.6. The normalized spacial score (nSPS) is 16.9. The molecule has 0 bridgehead atoms. The zero-order valence-electron chi connectivity index (χ0n) is 16.4. The van der Waals surface area contributed by atoms with Crippen molar-refractivity contribution in [3.8, 4) is 0 Å². The van der Waals surface area contributed by atoms with Crippen LogP contribution >= 0.6 is 0 Å². The van der Waals surface area contributed by atoms with Gasteiger partial charge in [0.1, 0.15) is 6.54 Å². The van der Waals surface area contributed by atoms with Gasteiger partial charge in [-0.2, -0.15) is 0 Å². The number of benzene rings is 2. The number of imide groups is 1. The van der Waals surface area contributed by atoms with Gasteiger partial charge < -0.3 is 15.1 Å². The van der Waals surface area contributed by atoms with Crippen LogP contribution < -0.4 is 10.2 Å². The topological polar surface area (TPSA) is 73.0 Å². The summed E-state index contributed by atoms with van der Waals surface area (Å²) in [5, 5.41) is 2.79. The Bertz CT molecular complexity index is 898. The minimum Gasteiger partial charge on any atom is -0.369 e. The van der Waals surface area contributed by atoms with E-state index in [1.54, 1.807) is 24.3 Å². The van der Waals surface area contributed by atoms with Crippen molar-refractivity contribution in [1.29, 1.82) is 0 Å². The second kappa shape index (κ2) is 8.05. The Kier molecular flexibility index (Phi) is 5.31. The SMILES string of the molecule is CN1CCN(c2ccc(CNC(=O)CN3C(=O)c4ccccc4C3=O)cc2)CC1. The molecule has 2 heterocycles. The summed E-state index contributed by atoms with van der Waals surface area (Å²) in [6.07, 6.45) is 0. The zero-order chi connectivity index (χ0) is 20.4. The second-order valence-corrected chi connectivity index (χ2v) is 7.48. The van der Waals surface area contributed by atoms with Crippen LogP contribution in [0.3, 0.4) is 0 Å². The number of nitrogens with one attached hydrogen (secondary N) is 1. The van der Waals surface area contributed by atoms with Crippen LogP contribution in [0.15, 0.2) is 48.5 Å². The molecule has 0 radical (unpaired) electrons. The summed E-state index contributed by atoms with van der Waals surface area (Å²) in [7, 11) is 2.13. The second-order valence-electron chi connectivity index (χ2n) is 7.48. The van der Waals surface area contributed by atoms with Gasteiger partial charge in [0, 0.05) is 38.4 Å². The predicted molar refractivity (Wildman–Crippen MR) is 110 cm³/mol. The average molecular weight is 392 g/mol. The zero-order valence-corrected chi connectivity index (χ0v) is 16.4. The van der Waals surface area contributed by atoms with E-state index >= 15 is 0 Å². The van der Waals surface area contributed by atoms with Crippen molar-refractivity contribution in [2.24, 2.45) is 0 Å². The van der Waals surface area contributed by atoms with E-state index in [0.717, 1.165) is 36.6 Å². The maximum atomic E-state index is 12.3. The van der Waals surface area contributed by atoms with Crippen LogP contribution in [0.25, 0.3) is 0 Å². The van der Waals surface area contributed by atoms with Gasteiger partial charge in [0.05, 0.1) is 11.1 Å². The fourth-order valence-electron chi connectivity index (χ4n) is 3.67. The summed E-state index contributed by atoms with van der Waals surface area (Å²) < 4.78 is 0. The molecule has 7 nitrogen and oxygen atoms in total. The summed E-state index contributed by atoms with van der Waals surface area (Å²) in [6.45, 7) is 4.20. The quantitative estimate of drug-likeness (QED) is 0.778. The highest BCUT2D eigenvalue weighted by Gasteiger charge is 2.36. The third-order valence-electron chi connectivity index (χ3n) is 5.47. The van der Waals surface area contributed by atoms with Crippen molar-refractivity contribution in [2.45, 2.75) is 6.54 Å². The van der Waals surface area contributed by atoms with E-state index < -0.39 is 11.8 Å². The molecule has 2 aromatic carbocycles. The molecule has 2 aromatic rings. The van der Waals surface area contributed by atoms with Crippen LogP contribution in [0.4, 0.5) is 5.69 Å². The van der Waals surface area contributed by atoms with Crippen molar-refractivity contribution < 1.29 is 14.4 Å². The van der Waals surface area contributed by atoms with Crippen molar-refractivity contribution >= 4 is 23.4 Å². The lowest BCUT2D eigenvalue weighted by molar-refractivity contribution is -0.121. The molecular formula is C22H24N4O3. The number of anilines is 1. The first kappa shape index (κ1) is 19.1. The van der Waals surface area contributed by atoms with Crippen LogP contribution in [0.1, 0.15) is 26.3 Å². The molecule has 0 atom stereocenters. The van der Waals surface area contributed by atoms with Gasteiger partial charge in [0.2, 0.25) is 5.91 Å². The number of carbonyl (C=O) groups is 3. The molecule has 3 amide bonds. The maximum absolute atomic E-state index is 12.3. The Morgan fingerprint density at radius 1 is 0.897 bits per heavy atom. The largest absolute Gasteiger partial charge is 0.369 e. The Labute approximate surface area is 169 Å².